The van der Waals surface area contributed by atoms with Crippen molar-refractivity contribution in [3.8, 4) is 0 Å². The second kappa shape index (κ2) is 46.9. The van der Waals surface area contributed by atoms with Gasteiger partial charge >= 0.3 is 0 Å². The van der Waals surface area contributed by atoms with Crippen LogP contribution in [0.3, 0.4) is 0 Å². The number of methoxy groups -OCH3 is 1. The van der Waals surface area contributed by atoms with E-state index in [0.29, 0.717) is 52.4 Å². The van der Waals surface area contributed by atoms with Crippen molar-refractivity contribution in [3.63, 3.8) is 0 Å². The highest BCUT2D eigenvalue weighted by Gasteiger charge is 2.45. The monoisotopic (exact) mass is 1580 g/mol. The molecule has 13 rings (SSSR count). The van der Waals surface area contributed by atoms with Gasteiger partial charge in [0.1, 0.15) is 11.8 Å². The Morgan fingerprint density at radius 3 is 1.05 bits per heavy atom. The number of halogens is 2. The normalized spacial score (nSPS) is 28.6. The SMILES string of the molecule is C.C.C.C.CC(C)(C)N1CCC(C2CCC2)CC1.CC(C)(C)N1CCC(N2CCC2)CC1.CC(C)(C)N1CCN(C2CCC2)CC1.CC(C)(C)OC1COC1.CC(F)CC1CCN(C(C)(C)C)CC1.CC1(F)CC(N2CCN(C(C)(C)C)CC2)C1.CC1CCC(OC(C)(C)C)C1.COC1CC2CN(C(C)(C)C)CCN2C1. The van der Waals surface area contributed by atoms with Crippen molar-refractivity contribution in [1.29, 1.82) is 0 Å². The van der Waals surface area contributed by atoms with Gasteiger partial charge in [-0.2, -0.15) is 0 Å². The van der Waals surface area contributed by atoms with Crippen LogP contribution in [0.15, 0.2) is 0 Å². The van der Waals surface area contributed by atoms with E-state index < -0.39 is 11.8 Å². The molecule has 0 radical (unpaired) electrons. The summed E-state index contributed by atoms with van der Waals surface area (Å²) in [6.07, 6.45) is 26.4. The molecule has 5 atom stereocenters. The van der Waals surface area contributed by atoms with Gasteiger partial charge in [-0.1, -0.05) is 62.3 Å². The van der Waals surface area contributed by atoms with E-state index in [-0.39, 0.29) is 52.0 Å². The molecule has 13 aliphatic rings. The lowest BCUT2D eigenvalue weighted by Gasteiger charge is -2.50. The molecule has 13 fully saturated rings. The van der Waals surface area contributed by atoms with Gasteiger partial charge < -0.3 is 23.8 Å². The van der Waals surface area contributed by atoms with E-state index in [9.17, 15) is 8.78 Å². The Kier molecular flexibility index (Phi) is 45.0. The molecule has 4 aliphatic carbocycles. The highest BCUT2D eigenvalue weighted by atomic mass is 19.1. The zero-order valence-corrected chi connectivity index (χ0v) is 76.0. The molecule has 14 nitrogen and oxygen atoms in total. The Balaban J connectivity index is 0.000000430. The molecular weight excluding hydrogens is 1380 g/mol. The van der Waals surface area contributed by atoms with Gasteiger partial charge in [-0.15, -0.1) is 0 Å². The molecule has 0 bridgehead atoms. The van der Waals surface area contributed by atoms with E-state index in [1.807, 2.05) is 7.11 Å². The summed E-state index contributed by atoms with van der Waals surface area (Å²) in [4.78, 5) is 26.0. The van der Waals surface area contributed by atoms with Gasteiger partial charge in [0, 0.05) is 156 Å². The zero-order valence-electron chi connectivity index (χ0n) is 76.0. The van der Waals surface area contributed by atoms with Gasteiger partial charge in [-0.3, -0.25) is 44.1 Å². The lowest BCUT2D eigenvalue weighted by Crippen LogP contribution is -2.59. The maximum absolute atomic E-state index is 13.4. The van der Waals surface area contributed by atoms with Gasteiger partial charge in [-0.25, -0.2) is 8.78 Å². The van der Waals surface area contributed by atoms with Gasteiger partial charge in [0.05, 0.1) is 42.8 Å². The van der Waals surface area contributed by atoms with Gasteiger partial charge in [-0.05, 0) is 346 Å². The van der Waals surface area contributed by atoms with Crippen LogP contribution in [0.25, 0.3) is 0 Å². The summed E-state index contributed by atoms with van der Waals surface area (Å²) in [6, 6.07) is 3.08. The number of ether oxygens (including phenoxy) is 4. The van der Waals surface area contributed by atoms with Crippen LogP contribution in [0.1, 0.15) is 345 Å². The Bertz CT molecular complexity index is 2280. The molecule has 664 valence electrons. The van der Waals surface area contributed by atoms with Crippen LogP contribution in [0.4, 0.5) is 8.78 Å². The average Bonchev–Trinajstić information content (AvgIpc) is 1.29. The smallest absolute Gasteiger partial charge is 0.111 e. The average molecular weight is 1580 g/mol. The third-order valence-electron chi connectivity index (χ3n) is 26.5. The van der Waals surface area contributed by atoms with Crippen LogP contribution in [-0.2, 0) is 18.9 Å². The van der Waals surface area contributed by atoms with Crippen LogP contribution >= 0.6 is 0 Å². The Morgan fingerprint density at radius 2 is 0.730 bits per heavy atom. The van der Waals surface area contributed by atoms with Gasteiger partial charge in [0.15, 0.2) is 0 Å². The predicted octanol–water partition coefficient (Wildman–Crippen LogP) is 20.7. The molecule has 0 aromatic heterocycles. The van der Waals surface area contributed by atoms with Gasteiger partial charge in [0.2, 0.25) is 0 Å². The van der Waals surface area contributed by atoms with E-state index in [1.54, 1.807) is 13.8 Å². The van der Waals surface area contributed by atoms with Crippen molar-refractivity contribution in [2.45, 2.75) is 444 Å². The molecule has 4 saturated carbocycles. The molecule has 9 saturated heterocycles. The molecule has 111 heavy (non-hydrogen) atoms. The van der Waals surface area contributed by atoms with Crippen LogP contribution in [0.5, 0.6) is 0 Å². The maximum atomic E-state index is 13.4. The van der Waals surface area contributed by atoms with E-state index in [4.69, 9.17) is 18.9 Å². The number of nitrogens with zero attached hydrogens (tertiary/aromatic N) is 10. The fraction of sp³-hybridized carbons (Fsp3) is 1.00. The third kappa shape index (κ3) is 38.3. The molecular formula is C95H196F2N10O4. The van der Waals surface area contributed by atoms with Crippen molar-refractivity contribution < 1.29 is 27.7 Å². The summed E-state index contributed by atoms with van der Waals surface area (Å²) in [7, 11) is 1.84. The van der Waals surface area contributed by atoms with Crippen LogP contribution in [0.2, 0.25) is 0 Å². The number of rotatable bonds is 9. The summed E-state index contributed by atoms with van der Waals surface area (Å²) in [5.74, 6) is 3.68. The fourth-order valence-corrected chi connectivity index (χ4v) is 18.6. The van der Waals surface area contributed by atoms with Crippen molar-refractivity contribution in [2.24, 2.45) is 23.7 Å². The Labute approximate surface area is 691 Å². The summed E-state index contributed by atoms with van der Waals surface area (Å²) in [5.41, 5.74) is 1.18. The molecule has 0 aromatic rings. The molecule has 0 amide bonds. The highest BCUT2D eigenvalue weighted by molar-refractivity contribution is 5.00. The Hall–Kier alpha value is -0.700. The summed E-state index contributed by atoms with van der Waals surface area (Å²) >= 11 is 0. The minimum Gasteiger partial charge on any atom is -0.380 e. The number of piperidine rings is 3. The summed E-state index contributed by atoms with van der Waals surface area (Å²) in [5, 5.41) is 0. The van der Waals surface area contributed by atoms with Crippen molar-refractivity contribution in [2.75, 3.05) is 151 Å². The fourth-order valence-electron chi connectivity index (χ4n) is 18.6. The van der Waals surface area contributed by atoms with Crippen LogP contribution < -0.4 is 0 Å². The molecule has 0 N–H and O–H groups in total. The highest BCUT2D eigenvalue weighted by Crippen LogP contribution is 2.41. The van der Waals surface area contributed by atoms with Crippen LogP contribution in [0, 0.1) is 23.7 Å². The largest absolute Gasteiger partial charge is 0.380 e. The molecule has 16 heteroatoms. The minimum absolute atomic E-state index is 0. The molecule has 9 heterocycles. The number of hydrogen-bond donors (Lipinski definition) is 0. The first-order valence-corrected chi connectivity index (χ1v) is 44.7. The molecule has 5 unspecified atom stereocenters. The van der Waals surface area contributed by atoms with Crippen LogP contribution in [-0.4, -0.2) is 299 Å². The number of alkyl halides is 2. The van der Waals surface area contributed by atoms with E-state index in [0.717, 1.165) is 114 Å². The molecule has 9 aliphatic heterocycles. The Morgan fingerprint density at radius 1 is 0.369 bits per heavy atom. The first-order valence-electron chi connectivity index (χ1n) is 44.7. The minimum atomic E-state index is -0.883. The quantitative estimate of drug-likeness (QED) is 0.220. The number of piperazine rings is 3. The number of fused-ring (bicyclic) bond motifs is 1. The predicted molar refractivity (Wildman–Crippen MR) is 479 cm³/mol. The van der Waals surface area contributed by atoms with E-state index in [2.05, 4.69) is 222 Å². The van der Waals surface area contributed by atoms with Crippen molar-refractivity contribution in [1.82, 2.24) is 49.0 Å². The lowest BCUT2D eigenvalue weighted by atomic mass is 9.72. The first kappa shape index (κ1) is 106. The first-order chi connectivity index (χ1) is 49.4. The molecule has 0 spiro atoms. The second-order valence-electron chi connectivity index (χ2n) is 44.0. The topological polar surface area (TPSA) is 69.3 Å². The van der Waals surface area contributed by atoms with Crippen molar-refractivity contribution in [3.05, 3.63) is 0 Å². The third-order valence-corrected chi connectivity index (χ3v) is 26.5. The maximum Gasteiger partial charge on any atom is 0.111 e. The summed E-state index contributed by atoms with van der Waals surface area (Å²) < 4.78 is 48.1. The second-order valence-corrected chi connectivity index (χ2v) is 44.0. The molecule has 0 aromatic carbocycles. The van der Waals surface area contributed by atoms with Gasteiger partial charge in [0.25, 0.3) is 0 Å². The van der Waals surface area contributed by atoms with E-state index >= 15 is 0 Å². The zero-order chi connectivity index (χ0) is 79.7. The summed E-state index contributed by atoms with van der Waals surface area (Å²) in [6.45, 7) is 86.0. The standard InChI is InChI=1S/C13H25FN2.C13H25N.C12H24FN.C12H24N2O.2C12H24N2.C10H20O.C7H14O2.4CH4/c1-12(2,3)16-7-5-15(6-8-16)11-9-13(4,14)10-11;1-13(2,3)14-9-7-12(8-10-14)11-5-4-6-11;1-10(13)9-11-5-7-14(8-6-11)12(2,3)4;1-12(2,3)14-6-5-13-9-11(15-4)7-10(13)8-14;1-12(2,3)14-9-5-11(6-10-14)13-7-4-8-13;1-12(2,3)14-9-7-13(8-10-14)11-5-4-6-11;1-8-5-6-9(7-8)11-10(2,3)4;1-7(2,3)9-6-4-8-5-6;;;;/h11H,5-10H2,1-4H3;11-12H,4-10H2,1-3H3;10-11H,5-9H2,1-4H3;10-11H,5-9H2,1-4H3;2*11H,4-10H2,1-3H3;8-9H,5-7H2,1-4H3;6H,4-5H2,1-3H3;4*1H4. The lowest BCUT2D eigenvalue weighted by molar-refractivity contribution is -0.176. The van der Waals surface area contributed by atoms with E-state index in [1.165, 1.54) is 194 Å². The van der Waals surface area contributed by atoms with Crippen molar-refractivity contribution >= 4 is 0 Å². The number of hydrogen-bond acceptors (Lipinski definition) is 14. The number of likely N-dealkylation sites (tertiary alicyclic amines) is 4.